The van der Waals surface area contributed by atoms with Gasteiger partial charge in [0.05, 0.1) is 12.5 Å². The van der Waals surface area contributed by atoms with Gasteiger partial charge in [-0.3, -0.25) is 9.59 Å². The lowest BCUT2D eigenvalue weighted by Gasteiger charge is -2.16. The highest BCUT2D eigenvalue weighted by atomic mass is 16.4. The zero-order valence-corrected chi connectivity index (χ0v) is 12.3. The maximum atomic E-state index is 11.6. The van der Waals surface area contributed by atoms with Gasteiger partial charge in [0, 0.05) is 6.42 Å². The zero-order valence-electron chi connectivity index (χ0n) is 12.3. The summed E-state index contributed by atoms with van der Waals surface area (Å²) in [5.74, 6) is -0.652. The van der Waals surface area contributed by atoms with Gasteiger partial charge in [-0.15, -0.1) is 0 Å². The van der Waals surface area contributed by atoms with Crippen LogP contribution in [0.3, 0.4) is 0 Å². The summed E-state index contributed by atoms with van der Waals surface area (Å²) in [6.45, 7) is 6.24. The number of benzene rings is 1. The van der Waals surface area contributed by atoms with Gasteiger partial charge in [-0.25, -0.2) is 0 Å². The first kappa shape index (κ1) is 16.2. The van der Waals surface area contributed by atoms with Crippen LogP contribution in [0.15, 0.2) is 24.3 Å². The number of carboxylic acids is 1. The number of carbonyl (C=O) groups excluding carboxylic acids is 1. The molecular weight excluding hydrogens is 254 g/mol. The van der Waals surface area contributed by atoms with E-state index in [1.54, 1.807) is 0 Å². The SMILES string of the molecule is CC[C@H](C)c1ccc([C@@H](C)NC(=O)CCC(=O)O)cc1. The van der Waals surface area contributed by atoms with Gasteiger partial charge in [0.2, 0.25) is 5.91 Å². The van der Waals surface area contributed by atoms with Gasteiger partial charge in [0.1, 0.15) is 0 Å². The predicted octanol–water partition coefficient (Wildman–Crippen LogP) is 3.24. The largest absolute Gasteiger partial charge is 0.481 e. The van der Waals surface area contributed by atoms with E-state index in [-0.39, 0.29) is 24.8 Å². The standard InChI is InChI=1S/C16H23NO3/c1-4-11(2)13-5-7-14(8-6-13)12(3)17-15(18)9-10-16(19)20/h5-8,11-12H,4,9-10H2,1-3H3,(H,17,18)(H,19,20)/t11-,12+/m0/s1. The van der Waals surface area contributed by atoms with Crippen molar-refractivity contribution in [2.24, 2.45) is 0 Å². The molecule has 0 saturated heterocycles. The van der Waals surface area contributed by atoms with Crippen LogP contribution in [-0.2, 0) is 9.59 Å². The Morgan fingerprint density at radius 1 is 1.10 bits per heavy atom. The van der Waals surface area contributed by atoms with E-state index in [0.29, 0.717) is 5.92 Å². The molecule has 0 aromatic heterocycles. The Kier molecular flexibility index (Phi) is 6.22. The molecule has 1 rings (SSSR count). The third-order valence-electron chi connectivity index (χ3n) is 3.56. The number of hydrogen-bond donors (Lipinski definition) is 2. The second-order valence-corrected chi connectivity index (χ2v) is 5.16. The van der Waals surface area contributed by atoms with Crippen LogP contribution in [0.2, 0.25) is 0 Å². The minimum atomic E-state index is -0.953. The molecule has 0 bridgehead atoms. The number of amides is 1. The first-order chi connectivity index (χ1) is 9.43. The molecule has 20 heavy (non-hydrogen) atoms. The van der Waals surface area contributed by atoms with E-state index in [1.165, 1.54) is 5.56 Å². The molecule has 1 aromatic rings. The Balaban J connectivity index is 2.57. The Labute approximate surface area is 120 Å². The minimum Gasteiger partial charge on any atom is -0.481 e. The molecule has 110 valence electrons. The lowest BCUT2D eigenvalue weighted by Crippen LogP contribution is -2.26. The van der Waals surface area contributed by atoms with Crippen LogP contribution < -0.4 is 5.32 Å². The Bertz CT molecular complexity index is 453. The highest BCUT2D eigenvalue weighted by Crippen LogP contribution is 2.21. The summed E-state index contributed by atoms with van der Waals surface area (Å²) >= 11 is 0. The molecule has 4 heteroatoms. The van der Waals surface area contributed by atoms with Crippen molar-refractivity contribution in [2.75, 3.05) is 0 Å². The minimum absolute atomic E-state index is 0.0185. The van der Waals surface area contributed by atoms with Crippen LogP contribution in [0.5, 0.6) is 0 Å². The van der Waals surface area contributed by atoms with E-state index >= 15 is 0 Å². The number of aliphatic carboxylic acids is 1. The van der Waals surface area contributed by atoms with Crippen LogP contribution in [0, 0.1) is 0 Å². The second-order valence-electron chi connectivity index (χ2n) is 5.16. The number of carboxylic acid groups (broad SMARTS) is 1. The number of nitrogens with one attached hydrogen (secondary N) is 1. The van der Waals surface area contributed by atoms with Gasteiger partial charge < -0.3 is 10.4 Å². The normalized spacial score (nSPS) is 13.6. The Morgan fingerprint density at radius 2 is 1.65 bits per heavy atom. The molecule has 1 aromatic carbocycles. The van der Waals surface area contributed by atoms with Gasteiger partial charge >= 0.3 is 5.97 Å². The van der Waals surface area contributed by atoms with Crippen molar-refractivity contribution in [3.05, 3.63) is 35.4 Å². The molecule has 0 fully saturated rings. The molecule has 4 nitrogen and oxygen atoms in total. The van der Waals surface area contributed by atoms with Crippen LogP contribution in [0.1, 0.15) is 63.1 Å². The van der Waals surface area contributed by atoms with Crippen molar-refractivity contribution in [1.29, 1.82) is 0 Å². The summed E-state index contributed by atoms with van der Waals surface area (Å²) in [4.78, 5) is 22.0. The summed E-state index contributed by atoms with van der Waals surface area (Å²) in [6.07, 6.45) is 0.983. The zero-order chi connectivity index (χ0) is 15.1. The molecule has 0 radical (unpaired) electrons. The maximum Gasteiger partial charge on any atom is 0.303 e. The lowest BCUT2D eigenvalue weighted by molar-refractivity contribution is -0.138. The number of rotatable bonds is 7. The molecule has 0 aliphatic carbocycles. The summed E-state index contributed by atoms with van der Waals surface area (Å²) in [5.41, 5.74) is 2.32. The highest BCUT2D eigenvalue weighted by Gasteiger charge is 2.11. The molecule has 0 spiro atoms. The van der Waals surface area contributed by atoms with E-state index in [9.17, 15) is 9.59 Å². The summed E-state index contributed by atoms with van der Waals surface area (Å²) in [5, 5.41) is 11.4. The van der Waals surface area contributed by atoms with Crippen molar-refractivity contribution < 1.29 is 14.7 Å². The Hall–Kier alpha value is -1.84. The van der Waals surface area contributed by atoms with E-state index in [4.69, 9.17) is 5.11 Å². The third-order valence-corrected chi connectivity index (χ3v) is 3.56. The number of carbonyl (C=O) groups is 2. The van der Waals surface area contributed by atoms with Gasteiger partial charge in [-0.1, -0.05) is 38.1 Å². The predicted molar refractivity (Wildman–Crippen MR) is 78.6 cm³/mol. The highest BCUT2D eigenvalue weighted by molar-refractivity contribution is 5.80. The smallest absolute Gasteiger partial charge is 0.303 e. The second kappa shape index (κ2) is 7.68. The third kappa shape index (κ3) is 5.03. The monoisotopic (exact) mass is 277 g/mol. The quantitative estimate of drug-likeness (QED) is 0.804. The Morgan fingerprint density at radius 3 is 2.15 bits per heavy atom. The fourth-order valence-electron chi connectivity index (χ4n) is 1.97. The average Bonchev–Trinajstić information content (AvgIpc) is 2.44. The fourth-order valence-corrected chi connectivity index (χ4v) is 1.97. The van der Waals surface area contributed by atoms with Crippen molar-refractivity contribution >= 4 is 11.9 Å². The van der Waals surface area contributed by atoms with Crippen molar-refractivity contribution in [3.63, 3.8) is 0 Å². The molecule has 0 saturated carbocycles. The molecule has 2 atom stereocenters. The van der Waals surface area contributed by atoms with Crippen molar-refractivity contribution in [3.8, 4) is 0 Å². The van der Waals surface area contributed by atoms with E-state index < -0.39 is 5.97 Å². The summed E-state index contributed by atoms with van der Waals surface area (Å²) in [6, 6.07) is 8.10. The molecule has 0 aliphatic heterocycles. The van der Waals surface area contributed by atoms with Crippen LogP contribution in [0.4, 0.5) is 0 Å². The van der Waals surface area contributed by atoms with Crippen LogP contribution >= 0.6 is 0 Å². The van der Waals surface area contributed by atoms with Crippen molar-refractivity contribution in [2.45, 2.75) is 52.0 Å². The number of hydrogen-bond acceptors (Lipinski definition) is 2. The van der Waals surface area contributed by atoms with E-state index in [0.717, 1.165) is 12.0 Å². The van der Waals surface area contributed by atoms with E-state index in [1.807, 2.05) is 19.1 Å². The molecule has 0 aliphatic rings. The maximum absolute atomic E-state index is 11.6. The van der Waals surface area contributed by atoms with Gasteiger partial charge in [0.15, 0.2) is 0 Å². The molecule has 2 N–H and O–H groups in total. The van der Waals surface area contributed by atoms with Gasteiger partial charge in [-0.2, -0.15) is 0 Å². The van der Waals surface area contributed by atoms with Gasteiger partial charge in [-0.05, 0) is 30.4 Å². The molecular formula is C16H23NO3. The fraction of sp³-hybridized carbons (Fsp3) is 0.500. The average molecular weight is 277 g/mol. The lowest BCUT2D eigenvalue weighted by atomic mass is 9.96. The topological polar surface area (TPSA) is 66.4 Å². The van der Waals surface area contributed by atoms with Crippen LogP contribution in [0.25, 0.3) is 0 Å². The van der Waals surface area contributed by atoms with E-state index in [2.05, 4.69) is 31.3 Å². The van der Waals surface area contributed by atoms with Gasteiger partial charge in [0.25, 0.3) is 0 Å². The first-order valence-corrected chi connectivity index (χ1v) is 7.05. The van der Waals surface area contributed by atoms with Crippen molar-refractivity contribution in [1.82, 2.24) is 5.32 Å². The molecule has 1 amide bonds. The molecule has 0 unspecified atom stereocenters. The molecule has 0 heterocycles. The first-order valence-electron chi connectivity index (χ1n) is 7.05. The summed E-state index contributed by atoms with van der Waals surface area (Å²) in [7, 11) is 0. The summed E-state index contributed by atoms with van der Waals surface area (Å²) < 4.78 is 0. The van der Waals surface area contributed by atoms with Crippen LogP contribution in [-0.4, -0.2) is 17.0 Å².